The molecule has 4 nitrogen and oxygen atoms in total. The molecule has 2 unspecified atom stereocenters. The van der Waals surface area contributed by atoms with Gasteiger partial charge in [0.2, 0.25) is 0 Å². The maximum atomic E-state index is 6.23. The molecule has 18 heavy (non-hydrogen) atoms. The number of ether oxygens (including phenoxy) is 1. The van der Waals surface area contributed by atoms with Gasteiger partial charge in [-0.3, -0.25) is 4.68 Å². The summed E-state index contributed by atoms with van der Waals surface area (Å²) in [4.78, 5) is 0. The van der Waals surface area contributed by atoms with Crippen LogP contribution in [-0.2, 0) is 18.2 Å². The van der Waals surface area contributed by atoms with E-state index in [0.29, 0.717) is 6.10 Å². The van der Waals surface area contributed by atoms with E-state index in [1.807, 2.05) is 18.7 Å². The highest BCUT2D eigenvalue weighted by molar-refractivity contribution is 6.31. The van der Waals surface area contributed by atoms with E-state index < -0.39 is 0 Å². The summed E-state index contributed by atoms with van der Waals surface area (Å²) < 4.78 is 7.55. The predicted octanol–water partition coefficient (Wildman–Crippen LogP) is 2.21. The second-order valence-electron chi connectivity index (χ2n) is 5.16. The molecule has 1 aromatic rings. The number of aromatic nitrogens is 2. The zero-order valence-corrected chi connectivity index (χ0v) is 11.9. The van der Waals surface area contributed by atoms with Crippen molar-refractivity contribution in [3.8, 4) is 0 Å². The lowest BCUT2D eigenvalue weighted by Gasteiger charge is -2.25. The summed E-state index contributed by atoms with van der Waals surface area (Å²) in [6, 6.07) is 0.0837. The van der Waals surface area contributed by atoms with Crippen molar-refractivity contribution >= 4 is 11.6 Å². The number of hydrogen-bond donors (Lipinski definition) is 1. The first-order valence-corrected chi connectivity index (χ1v) is 7.01. The van der Waals surface area contributed by atoms with Crippen molar-refractivity contribution in [1.82, 2.24) is 9.78 Å². The first-order valence-electron chi connectivity index (χ1n) is 6.63. The van der Waals surface area contributed by atoms with Crippen molar-refractivity contribution in [3.63, 3.8) is 0 Å². The third kappa shape index (κ3) is 3.25. The Morgan fingerprint density at radius 2 is 2.33 bits per heavy atom. The summed E-state index contributed by atoms with van der Waals surface area (Å²) in [5, 5.41) is 5.06. The number of hydrogen-bond acceptors (Lipinski definition) is 3. The summed E-state index contributed by atoms with van der Waals surface area (Å²) in [6.45, 7) is 2.80. The lowest BCUT2D eigenvalue weighted by molar-refractivity contribution is 0.00739. The van der Waals surface area contributed by atoms with Crippen molar-refractivity contribution in [2.75, 3.05) is 6.61 Å². The molecular formula is C13H22ClN3O. The monoisotopic (exact) mass is 271 g/mol. The standard InChI is InChI=1S/C13H22ClN3O/c1-9-13(14)12(17(2)16-9)8-10(15)7-11-5-3-4-6-18-11/h10-11H,3-8,15H2,1-2H3. The summed E-state index contributed by atoms with van der Waals surface area (Å²) in [6.07, 6.45) is 5.55. The Hall–Kier alpha value is -0.580. The molecule has 0 radical (unpaired) electrons. The summed E-state index contributed by atoms with van der Waals surface area (Å²) in [5.41, 5.74) is 8.10. The van der Waals surface area contributed by atoms with E-state index in [1.54, 1.807) is 0 Å². The van der Waals surface area contributed by atoms with Crippen LogP contribution in [0.5, 0.6) is 0 Å². The van der Waals surface area contributed by atoms with Gasteiger partial charge in [-0.25, -0.2) is 0 Å². The molecule has 1 fully saturated rings. The second kappa shape index (κ2) is 6.04. The molecule has 1 aliphatic rings. The topological polar surface area (TPSA) is 53.1 Å². The van der Waals surface area contributed by atoms with Gasteiger partial charge in [-0.05, 0) is 32.6 Å². The van der Waals surface area contributed by atoms with Crippen LogP contribution in [0.4, 0.5) is 0 Å². The van der Waals surface area contributed by atoms with E-state index in [0.717, 1.165) is 42.3 Å². The van der Waals surface area contributed by atoms with Gasteiger partial charge < -0.3 is 10.5 Å². The van der Waals surface area contributed by atoms with E-state index in [9.17, 15) is 0 Å². The molecule has 0 saturated carbocycles. The molecule has 5 heteroatoms. The number of rotatable bonds is 4. The molecule has 2 heterocycles. The van der Waals surface area contributed by atoms with Crippen molar-refractivity contribution in [1.29, 1.82) is 0 Å². The van der Waals surface area contributed by atoms with E-state index in [2.05, 4.69) is 5.10 Å². The Kier molecular flexibility index (Phi) is 4.65. The highest BCUT2D eigenvalue weighted by atomic mass is 35.5. The lowest BCUT2D eigenvalue weighted by atomic mass is 9.99. The first-order chi connectivity index (χ1) is 8.58. The van der Waals surface area contributed by atoms with Crippen LogP contribution in [0.1, 0.15) is 37.1 Å². The van der Waals surface area contributed by atoms with Gasteiger partial charge in [0.05, 0.1) is 22.5 Å². The SMILES string of the molecule is Cc1nn(C)c(CC(N)CC2CCCCO2)c1Cl. The van der Waals surface area contributed by atoms with Gasteiger partial charge in [0.25, 0.3) is 0 Å². The molecule has 0 amide bonds. The lowest BCUT2D eigenvalue weighted by Crippen LogP contribution is -2.32. The zero-order valence-electron chi connectivity index (χ0n) is 11.2. The third-order valence-corrected chi connectivity index (χ3v) is 4.05. The van der Waals surface area contributed by atoms with Crippen molar-refractivity contribution in [3.05, 3.63) is 16.4 Å². The average molecular weight is 272 g/mol. The van der Waals surface area contributed by atoms with Crippen LogP contribution in [0, 0.1) is 6.92 Å². The molecule has 2 N–H and O–H groups in total. The molecule has 1 aliphatic heterocycles. The molecule has 1 aromatic heterocycles. The van der Waals surface area contributed by atoms with E-state index in [4.69, 9.17) is 22.1 Å². The number of nitrogens with two attached hydrogens (primary N) is 1. The quantitative estimate of drug-likeness (QED) is 0.914. The fourth-order valence-electron chi connectivity index (χ4n) is 2.56. The molecule has 0 spiro atoms. The highest BCUT2D eigenvalue weighted by Gasteiger charge is 2.20. The smallest absolute Gasteiger partial charge is 0.0847 e. The molecule has 2 rings (SSSR count). The Balaban J connectivity index is 1.91. The largest absolute Gasteiger partial charge is 0.378 e. The normalized spacial score (nSPS) is 22.1. The van der Waals surface area contributed by atoms with Crippen LogP contribution in [0.3, 0.4) is 0 Å². The van der Waals surface area contributed by atoms with Crippen LogP contribution in [0.2, 0.25) is 5.02 Å². The summed E-state index contributed by atoms with van der Waals surface area (Å²) in [5.74, 6) is 0. The van der Waals surface area contributed by atoms with Crippen LogP contribution >= 0.6 is 11.6 Å². The number of nitrogens with zero attached hydrogens (tertiary/aromatic N) is 2. The fraction of sp³-hybridized carbons (Fsp3) is 0.769. The van der Waals surface area contributed by atoms with E-state index in [1.165, 1.54) is 12.8 Å². The molecule has 0 aromatic carbocycles. The van der Waals surface area contributed by atoms with Crippen LogP contribution in [0.25, 0.3) is 0 Å². The average Bonchev–Trinajstić information content (AvgIpc) is 2.57. The Morgan fingerprint density at radius 1 is 1.56 bits per heavy atom. The molecule has 102 valence electrons. The fourth-order valence-corrected chi connectivity index (χ4v) is 2.80. The Morgan fingerprint density at radius 3 is 2.89 bits per heavy atom. The Bertz CT molecular complexity index is 399. The zero-order chi connectivity index (χ0) is 13.1. The number of aryl methyl sites for hydroxylation is 2. The minimum atomic E-state index is 0.0837. The van der Waals surface area contributed by atoms with Crippen molar-refractivity contribution < 1.29 is 4.74 Å². The predicted molar refractivity (Wildman–Crippen MR) is 72.8 cm³/mol. The van der Waals surface area contributed by atoms with Crippen molar-refractivity contribution in [2.24, 2.45) is 12.8 Å². The molecule has 0 bridgehead atoms. The van der Waals surface area contributed by atoms with E-state index >= 15 is 0 Å². The van der Waals surface area contributed by atoms with E-state index in [-0.39, 0.29) is 6.04 Å². The molecule has 0 aliphatic carbocycles. The van der Waals surface area contributed by atoms with Gasteiger partial charge in [-0.1, -0.05) is 11.6 Å². The Labute approximate surface area is 113 Å². The number of halogens is 1. The van der Waals surface area contributed by atoms with Gasteiger partial charge in [-0.2, -0.15) is 5.10 Å². The van der Waals surface area contributed by atoms with Crippen molar-refractivity contribution in [2.45, 2.75) is 51.2 Å². The molecule has 1 saturated heterocycles. The third-order valence-electron chi connectivity index (χ3n) is 3.56. The molecule has 2 atom stereocenters. The summed E-state index contributed by atoms with van der Waals surface area (Å²) >= 11 is 6.23. The van der Waals surface area contributed by atoms with Crippen LogP contribution < -0.4 is 5.73 Å². The van der Waals surface area contributed by atoms with Gasteiger partial charge in [0.1, 0.15) is 0 Å². The second-order valence-corrected chi connectivity index (χ2v) is 5.54. The van der Waals surface area contributed by atoms with Gasteiger partial charge in [0.15, 0.2) is 0 Å². The van der Waals surface area contributed by atoms with Gasteiger partial charge in [-0.15, -0.1) is 0 Å². The van der Waals surface area contributed by atoms with Crippen LogP contribution in [-0.4, -0.2) is 28.5 Å². The minimum Gasteiger partial charge on any atom is -0.378 e. The molecular weight excluding hydrogens is 250 g/mol. The maximum Gasteiger partial charge on any atom is 0.0847 e. The minimum absolute atomic E-state index is 0.0837. The maximum absolute atomic E-state index is 6.23. The van der Waals surface area contributed by atoms with Gasteiger partial charge >= 0.3 is 0 Å². The van der Waals surface area contributed by atoms with Gasteiger partial charge in [0, 0.05) is 26.1 Å². The van der Waals surface area contributed by atoms with Crippen LogP contribution in [0.15, 0.2) is 0 Å². The summed E-state index contributed by atoms with van der Waals surface area (Å²) in [7, 11) is 1.91. The highest BCUT2D eigenvalue weighted by Crippen LogP contribution is 2.23. The first kappa shape index (κ1) is 13.8.